The van der Waals surface area contributed by atoms with Gasteiger partial charge in [-0.3, -0.25) is 14.5 Å². The van der Waals surface area contributed by atoms with Gasteiger partial charge in [0.25, 0.3) is 0 Å². The van der Waals surface area contributed by atoms with Gasteiger partial charge in [-0.15, -0.1) is 12.4 Å². The Bertz CT molecular complexity index is 602. The van der Waals surface area contributed by atoms with E-state index in [0.717, 1.165) is 19.2 Å². The largest absolute Gasteiger partial charge is 0.494 e. The van der Waals surface area contributed by atoms with Crippen LogP contribution in [-0.4, -0.2) is 60.8 Å². The quantitative estimate of drug-likeness (QED) is 0.720. The van der Waals surface area contributed by atoms with E-state index in [4.69, 9.17) is 4.74 Å². The summed E-state index contributed by atoms with van der Waals surface area (Å²) in [5.41, 5.74) is 0.269. The molecule has 1 aliphatic rings. The Morgan fingerprint density at radius 1 is 1.16 bits per heavy atom. The van der Waals surface area contributed by atoms with Gasteiger partial charge in [-0.05, 0) is 32.0 Å². The fraction of sp³-hybridized carbons (Fsp3) is 0.556. The molecule has 1 aliphatic heterocycles. The van der Waals surface area contributed by atoms with Crippen molar-refractivity contribution in [2.75, 3.05) is 33.3 Å². The van der Waals surface area contributed by atoms with Crippen LogP contribution in [0.25, 0.3) is 0 Å². The van der Waals surface area contributed by atoms with Crippen LogP contribution in [0.1, 0.15) is 37.0 Å². The maximum absolute atomic E-state index is 13.6. The van der Waals surface area contributed by atoms with Crippen molar-refractivity contribution in [1.29, 1.82) is 0 Å². The van der Waals surface area contributed by atoms with Crippen molar-refractivity contribution in [1.82, 2.24) is 9.80 Å². The number of ether oxygens (including phenoxy) is 1. The molecule has 0 aliphatic carbocycles. The first-order valence-electron chi connectivity index (χ1n) is 8.31. The molecule has 0 aromatic heterocycles. The molecule has 140 valence electrons. The summed E-state index contributed by atoms with van der Waals surface area (Å²) < 4.78 is 18.5. The maximum atomic E-state index is 13.6. The molecule has 0 unspecified atom stereocenters. The number of nitrogens with zero attached hydrogens (tertiary/aromatic N) is 2. The van der Waals surface area contributed by atoms with Gasteiger partial charge in [-0.2, -0.15) is 0 Å². The lowest BCUT2D eigenvalue weighted by molar-refractivity contribution is -0.133. The Morgan fingerprint density at radius 3 is 2.32 bits per heavy atom. The molecule has 1 amide bonds. The molecule has 1 saturated heterocycles. The van der Waals surface area contributed by atoms with Crippen LogP contribution < -0.4 is 4.74 Å². The Kier molecular flexibility index (Phi) is 8.32. The van der Waals surface area contributed by atoms with Gasteiger partial charge < -0.3 is 9.64 Å². The normalized spacial score (nSPS) is 15.0. The summed E-state index contributed by atoms with van der Waals surface area (Å²) in [5, 5.41) is 0. The number of carbonyl (C=O) groups excluding carboxylic acids is 2. The molecule has 1 fully saturated rings. The van der Waals surface area contributed by atoms with Crippen molar-refractivity contribution < 1.29 is 18.7 Å². The van der Waals surface area contributed by atoms with Gasteiger partial charge in [0.05, 0.1) is 7.11 Å². The number of piperazine rings is 1. The molecule has 0 radical (unpaired) electrons. The highest BCUT2D eigenvalue weighted by atomic mass is 35.5. The van der Waals surface area contributed by atoms with Crippen LogP contribution in [0.2, 0.25) is 0 Å². The predicted molar refractivity (Wildman–Crippen MR) is 97.1 cm³/mol. The molecule has 0 bridgehead atoms. The molecule has 1 aromatic rings. The molecule has 0 spiro atoms. The number of methoxy groups -OCH3 is 1. The summed E-state index contributed by atoms with van der Waals surface area (Å²) in [5.74, 6) is -0.711. The molecule has 25 heavy (non-hydrogen) atoms. The minimum absolute atomic E-state index is 0. The topological polar surface area (TPSA) is 49.9 Å². The number of Topliss-reactive ketones (excluding diaryl/α,β-unsaturated/α-hetero) is 1. The lowest BCUT2D eigenvalue weighted by Gasteiger charge is -2.37. The van der Waals surface area contributed by atoms with Crippen molar-refractivity contribution in [3.05, 3.63) is 29.6 Å². The van der Waals surface area contributed by atoms with E-state index in [1.807, 2.05) is 0 Å². The van der Waals surface area contributed by atoms with Gasteiger partial charge in [-0.1, -0.05) is 0 Å². The molecular weight excluding hydrogens is 347 g/mol. The van der Waals surface area contributed by atoms with Crippen LogP contribution in [0, 0.1) is 5.82 Å². The van der Waals surface area contributed by atoms with Gasteiger partial charge in [0.15, 0.2) is 17.3 Å². The number of hydrogen-bond acceptors (Lipinski definition) is 4. The van der Waals surface area contributed by atoms with E-state index in [9.17, 15) is 14.0 Å². The lowest BCUT2D eigenvalue weighted by atomic mass is 10.1. The standard InChI is InChI=1S/C18H25FN2O3.ClH/c1-13(2)20-8-10-21(11-9-20)18(23)7-5-16(22)14-4-6-17(24-3)15(19)12-14;/h4,6,12-13H,5,7-11H2,1-3H3;1H. The zero-order chi connectivity index (χ0) is 17.7. The highest BCUT2D eigenvalue weighted by molar-refractivity contribution is 5.98. The summed E-state index contributed by atoms with van der Waals surface area (Å²) in [4.78, 5) is 28.5. The summed E-state index contributed by atoms with van der Waals surface area (Å²) in [7, 11) is 1.37. The molecule has 0 N–H and O–H groups in total. The van der Waals surface area contributed by atoms with E-state index >= 15 is 0 Å². The second-order valence-electron chi connectivity index (χ2n) is 6.28. The Balaban J connectivity index is 0.00000312. The SMILES string of the molecule is COc1ccc(C(=O)CCC(=O)N2CCN(C(C)C)CC2)cc1F.Cl. The average Bonchev–Trinajstić information content (AvgIpc) is 2.59. The van der Waals surface area contributed by atoms with Gasteiger partial charge in [0.2, 0.25) is 5.91 Å². The number of carbonyl (C=O) groups is 2. The molecule has 1 heterocycles. The van der Waals surface area contributed by atoms with Gasteiger partial charge in [0, 0.05) is 50.6 Å². The first-order valence-corrected chi connectivity index (χ1v) is 8.31. The molecule has 5 nitrogen and oxygen atoms in total. The fourth-order valence-electron chi connectivity index (χ4n) is 2.85. The predicted octanol–water partition coefficient (Wildman–Crippen LogP) is 2.77. The van der Waals surface area contributed by atoms with Crippen molar-refractivity contribution >= 4 is 24.1 Å². The Labute approximate surface area is 154 Å². The third-order valence-corrected chi connectivity index (χ3v) is 4.44. The van der Waals surface area contributed by atoms with Gasteiger partial charge >= 0.3 is 0 Å². The van der Waals surface area contributed by atoms with E-state index in [-0.39, 0.29) is 48.3 Å². The molecule has 0 saturated carbocycles. The molecule has 7 heteroatoms. The van der Waals surface area contributed by atoms with Gasteiger partial charge in [-0.25, -0.2) is 4.39 Å². The number of amides is 1. The Morgan fingerprint density at radius 2 is 1.80 bits per heavy atom. The second-order valence-corrected chi connectivity index (χ2v) is 6.28. The summed E-state index contributed by atoms with van der Waals surface area (Å²) in [6, 6.07) is 4.59. The van der Waals surface area contributed by atoms with Crippen molar-refractivity contribution in [3.8, 4) is 5.75 Å². The third-order valence-electron chi connectivity index (χ3n) is 4.44. The van der Waals surface area contributed by atoms with Crippen molar-refractivity contribution in [2.45, 2.75) is 32.7 Å². The van der Waals surface area contributed by atoms with E-state index in [0.29, 0.717) is 19.1 Å². The van der Waals surface area contributed by atoms with Crippen LogP contribution in [0.3, 0.4) is 0 Å². The summed E-state index contributed by atoms with van der Waals surface area (Å²) in [6.07, 6.45) is 0.253. The van der Waals surface area contributed by atoms with E-state index in [1.165, 1.54) is 19.2 Å². The van der Waals surface area contributed by atoms with Crippen LogP contribution in [0.15, 0.2) is 18.2 Å². The smallest absolute Gasteiger partial charge is 0.223 e. The number of halogens is 2. The van der Waals surface area contributed by atoms with E-state index in [2.05, 4.69) is 18.7 Å². The fourth-order valence-corrected chi connectivity index (χ4v) is 2.85. The Hall–Kier alpha value is -1.66. The highest BCUT2D eigenvalue weighted by Gasteiger charge is 2.23. The summed E-state index contributed by atoms with van der Waals surface area (Å²) >= 11 is 0. The first-order chi connectivity index (χ1) is 11.4. The zero-order valence-corrected chi connectivity index (χ0v) is 15.8. The van der Waals surface area contributed by atoms with Crippen LogP contribution in [0.5, 0.6) is 5.75 Å². The summed E-state index contributed by atoms with van der Waals surface area (Å²) in [6.45, 7) is 7.40. The number of benzene rings is 1. The van der Waals surface area contributed by atoms with Crippen LogP contribution in [-0.2, 0) is 4.79 Å². The lowest BCUT2D eigenvalue weighted by Crippen LogP contribution is -2.50. The van der Waals surface area contributed by atoms with Crippen LogP contribution >= 0.6 is 12.4 Å². The van der Waals surface area contributed by atoms with Crippen molar-refractivity contribution in [3.63, 3.8) is 0 Å². The number of hydrogen-bond donors (Lipinski definition) is 0. The maximum Gasteiger partial charge on any atom is 0.223 e. The van der Waals surface area contributed by atoms with Gasteiger partial charge in [0.1, 0.15) is 0 Å². The first kappa shape index (κ1) is 21.4. The monoisotopic (exact) mass is 372 g/mol. The third kappa shape index (κ3) is 5.68. The molecule has 2 rings (SSSR count). The number of rotatable bonds is 6. The zero-order valence-electron chi connectivity index (χ0n) is 15.0. The average molecular weight is 373 g/mol. The minimum atomic E-state index is -0.570. The molecule has 1 aromatic carbocycles. The van der Waals surface area contributed by atoms with E-state index in [1.54, 1.807) is 4.90 Å². The van der Waals surface area contributed by atoms with Crippen LogP contribution in [0.4, 0.5) is 4.39 Å². The molecule has 0 atom stereocenters. The second kappa shape index (κ2) is 9.73. The van der Waals surface area contributed by atoms with E-state index < -0.39 is 5.82 Å². The minimum Gasteiger partial charge on any atom is -0.494 e. The number of ketones is 1. The van der Waals surface area contributed by atoms with Crippen molar-refractivity contribution in [2.24, 2.45) is 0 Å². The highest BCUT2D eigenvalue weighted by Crippen LogP contribution is 2.19. The molecular formula is C18H26ClFN2O3.